The van der Waals surface area contributed by atoms with E-state index in [1.807, 2.05) is 67.6 Å². The molecule has 0 bridgehead atoms. The molecule has 1 fully saturated rings. The lowest BCUT2D eigenvalue weighted by molar-refractivity contribution is -0.122. The maximum absolute atomic E-state index is 12.8. The SMILES string of the molecule is C/C=C1/SC(=Nc2cccc3ccccc23)N(Cc2ccccc2)C1=O. The maximum Gasteiger partial charge on any atom is 0.266 e. The van der Waals surface area contributed by atoms with Crippen molar-refractivity contribution in [3.8, 4) is 0 Å². The smallest absolute Gasteiger partial charge is 0.266 e. The van der Waals surface area contributed by atoms with Gasteiger partial charge in [-0.2, -0.15) is 0 Å². The van der Waals surface area contributed by atoms with Crippen LogP contribution in [0, 0.1) is 0 Å². The van der Waals surface area contributed by atoms with Gasteiger partial charge in [0.2, 0.25) is 0 Å². The molecule has 3 aromatic rings. The Bertz CT molecular complexity index is 1020. The monoisotopic (exact) mass is 358 g/mol. The number of rotatable bonds is 3. The van der Waals surface area contributed by atoms with E-state index >= 15 is 0 Å². The minimum absolute atomic E-state index is 0.0142. The molecule has 0 radical (unpaired) electrons. The van der Waals surface area contributed by atoms with Gasteiger partial charge in [0, 0.05) is 5.39 Å². The lowest BCUT2D eigenvalue weighted by atomic mass is 10.1. The van der Waals surface area contributed by atoms with Crippen molar-refractivity contribution in [1.29, 1.82) is 0 Å². The quantitative estimate of drug-likeness (QED) is 0.579. The number of nitrogens with zero attached hydrogens (tertiary/aromatic N) is 2. The van der Waals surface area contributed by atoms with Gasteiger partial charge in [0.1, 0.15) is 0 Å². The summed E-state index contributed by atoms with van der Waals surface area (Å²) in [6, 6.07) is 24.3. The highest BCUT2D eigenvalue weighted by Crippen LogP contribution is 2.35. The zero-order chi connectivity index (χ0) is 17.9. The van der Waals surface area contributed by atoms with Crippen molar-refractivity contribution >= 4 is 39.3 Å². The summed E-state index contributed by atoms with van der Waals surface area (Å²) in [4.78, 5) is 20.1. The molecule has 0 spiro atoms. The summed E-state index contributed by atoms with van der Waals surface area (Å²) in [5.41, 5.74) is 1.97. The van der Waals surface area contributed by atoms with Crippen LogP contribution in [0.2, 0.25) is 0 Å². The van der Waals surface area contributed by atoms with Gasteiger partial charge in [-0.1, -0.05) is 72.8 Å². The minimum atomic E-state index is 0.0142. The predicted octanol–water partition coefficient (Wildman–Crippen LogP) is 5.51. The van der Waals surface area contributed by atoms with Crippen LogP contribution >= 0.6 is 11.8 Å². The van der Waals surface area contributed by atoms with Crippen molar-refractivity contribution in [3.63, 3.8) is 0 Å². The Morgan fingerprint density at radius 1 is 0.962 bits per heavy atom. The Balaban J connectivity index is 1.76. The molecule has 0 aliphatic carbocycles. The van der Waals surface area contributed by atoms with Gasteiger partial charge in [-0.25, -0.2) is 4.99 Å². The molecule has 3 aromatic carbocycles. The number of carbonyl (C=O) groups is 1. The average Bonchev–Trinajstić information content (AvgIpc) is 2.98. The van der Waals surface area contributed by atoms with Crippen LogP contribution in [0.4, 0.5) is 5.69 Å². The van der Waals surface area contributed by atoms with E-state index in [1.54, 1.807) is 4.90 Å². The fourth-order valence-electron chi connectivity index (χ4n) is 3.00. The fraction of sp³-hybridized carbons (Fsp3) is 0.0909. The number of hydrogen-bond acceptors (Lipinski definition) is 3. The molecule has 1 saturated heterocycles. The van der Waals surface area contributed by atoms with E-state index in [-0.39, 0.29) is 5.91 Å². The number of fused-ring (bicyclic) bond motifs is 1. The van der Waals surface area contributed by atoms with Gasteiger partial charge in [0.05, 0.1) is 17.1 Å². The first kappa shape index (κ1) is 16.6. The van der Waals surface area contributed by atoms with E-state index in [0.29, 0.717) is 6.54 Å². The molecule has 26 heavy (non-hydrogen) atoms. The predicted molar refractivity (Wildman–Crippen MR) is 109 cm³/mol. The van der Waals surface area contributed by atoms with Gasteiger partial charge >= 0.3 is 0 Å². The van der Waals surface area contributed by atoms with Crippen molar-refractivity contribution in [1.82, 2.24) is 4.90 Å². The van der Waals surface area contributed by atoms with E-state index in [0.717, 1.165) is 32.1 Å². The van der Waals surface area contributed by atoms with E-state index in [2.05, 4.69) is 18.2 Å². The summed E-state index contributed by atoms with van der Waals surface area (Å²) in [6.07, 6.45) is 1.86. The molecule has 1 amide bonds. The number of thioether (sulfide) groups is 1. The van der Waals surface area contributed by atoms with E-state index in [1.165, 1.54) is 11.8 Å². The van der Waals surface area contributed by atoms with Crippen LogP contribution < -0.4 is 0 Å². The highest BCUT2D eigenvalue weighted by Gasteiger charge is 2.32. The van der Waals surface area contributed by atoms with Crippen LogP contribution in [0.15, 0.2) is 88.8 Å². The van der Waals surface area contributed by atoms with Crippen molar-refractivity contribution in [2.24, 2.45) is 4.99 Å². The van der Waals surface area contributed by atoms with Crippen molar-refractivity contribution in [3.05, 3.63) is 89.3 Å². The zero-order valence-electron chi connectivity index (χ0n) is 14.4. The number of allylic oxidation sites excluding steroid dienone is 1. The van der Waals surface area contributed by atoms with Gasteiger partial charge in [-0.05, 0) is 35.7 Å². The summed E-state index contributed by atoms with van der Waals surface area (Å²) >= 11 is 1.44. The Morgan fingerprint density at radius 3 is 2.50 bits per heavy atom. The second-order valence-electron chi connectivity index (χ2n) is 6.02. The van der Waals surface area contributed by atoms with Crippen LogP contribution in [-0.4, -0.2) is 16.0 Å². The standard InChI is InChI=1S/C22H18N2OS/c1-2-20-21(25)24(15-16-9-4-3-5-10-16)22(26-20)23-19-14-8-12-17-11-6-7-13-18(17)19/h2-14H,15H2,1H3/b20-2+,23-22?. The highest BCUT2D eigenvalue weighted by atomic mass is 32.2. The molecule has 1 aliphatic rings. The number of aliphatic imine (C=N–C) groups is 1. The molecule has 0 N–H and O–H groups in total. The first-order valence-electron chi connectivity index (χ1n) is 8.52. The van der Waals surface area contributed by atoms with Crippen LogP contribution in [-0.2, 0) is 11.3 Å². The molecule has 0 saturated carbocycles. The average molecular weight is 358 g/mol. The maximum atomic E-state index is 12.8. The normalized spacial score (nSPS) is 17.6. The molecule has 128 valence electrons. The van der Waals surface area contributed by atoms with E-state index < -0.39 is 0 Å². The third-order valence-electron chi connectivity index (χ3n) is 4.32. The number of amides is 1. The Labute approximate surface area is 157 Å². The number of hydrogen-bond donors (Lipinski definition) is 0. The first-order valence-corrected chi connectivity index (χ1v) is 9.34. The molecule has 0 aromatic heterocycles. The third kappa shape index (κ3) is 3.16. The molecule has 4 heteroatoms. The van der Waals surface area contributed by atoms with Crippen molar-refractivity contribution in [2.45, 2.75) is 13.5 Å². The number of amidine groups is 1. The van der Waals surface area contributed by atoms with Crippen LogP contribution in [0.5, 0.6) is 0 Å². The van der Waals surface area contributed by atoms with E-state index in [9.17, 15) is 4.79 Å². The molecule has 3 nitrogen and oxygen atoms in total. The van der Waals surface area contributed by atoms with Crippen molar-refractivity contribution < 1.29 is 4.79 Å². The summed E-state index contributed by atoms with van der Waals surface area (Å²) in [7, 11) is 0. The Hall–Kier alpha value is -2.85. The molecule has 0 unspecified atom stereocenters. The zero-order valence-corrected chi connectivity index (χ0v) is 15.2. The summed E-state index contributed by atoms with van der Waals surface area (Å²) in [5, 5.41) is 2.96. The number of carbonyl (C=O) groups excluding carboxylic acids is 1. The molecule has 1 heterocycles. The van der Waals surface area contributed by atoms with Crippen LogP contribution in [0.1, 0.15) is 12.5 Å². The minimum Gasteiger partial charge on any atom is -0.282 e. The second kappa shape index (κ2) is 7.18. The third-order valence-corrected chi connectivity index (χ3v) is 5.44. The summed E-state index contributed by atoms with van der Waals surface area (Å²) in [5.74, 6) is 0.0142. The molecular weight excluding hydrogens is 340 g/mol. The van der Waals surface area contributed by atoms with Crippen LogP contribution in [0.25, 0.3) is 10.8 Å². The summed E-state index contributed by atoms with van der Waals surface area (Å²) in [6.45, 7) is 2.41. The van der Waals surface area contributed by atoms with Gasteiger partial charge in [-0.15, -0.1) is 0 Å². The Kier molecular flexibility index (Phi) is 4.59. The van der Waals surface area contributed by atoms with Gasteiger partial charge in [0.25, 0.3) is 5.91 Å². The van der Waals surface area contributed by atoms with Crippen LogP contribution in [0.3, 0.4) is 0 Å². The summed E-state index contributed by atoms with van der Waals surface area (Å²) < 4.78 is 0. The lowest BCUT2D eigenvalue weighted by Crippen LogP contribution is -2.28. The second-order valence-corrected chi connectivity index (χ2v) is 7.03. The topological polar surface area (TPSA) is 32.7 Å². The lowest BCUT2D eigenvalue weighted by Gasteiger charge is -2.16. The fourth-order valence-corrected chi connectivity index (χ4v) is 3.91. The number of benzene rings is 3. The first-order chi connectivity index (χ1) is 12.8. The molecule has 4 rings (SSSR count). The van der Waals surface area contributed by atoms with Crippen molar-refractivity contribution in [2.75, 3.05) is 0 Å². The molecule has 0 atom stereocenters. The van der Waals surface area contributed by atoms with Gasteiger partial charge < -0.3 is 0 Å². The largest absolute Gasteiger partial charge is 0.282 e. The molecule has 1 aliphatic heterocycles. The van der Waals surface area contributed by atoms with E-state index in [4.69, 9.17) is 4.99 Å². The van der Waals surface area contributed by atoms with Gasteiger partial charge in [-0.3, -0.25) is 9.69 Å². The highest BCUT2D eigenvalue weighted by molar-refractivity contribution is 8.18. The van der Waals surface area contributed by atoms with Gasteiger partial charge in [0.15, 0.2) is 5.17 Å². The molecular formula is C22H18N2OS. The Morgan fingerprint density at radius 2 is 1.69 bits per heavy atom.